The smallest absolute Gasteiger partial charge is 0.232 e. The van der Waals surface area contributed by atoms with Gasteiger partial charge in [0.2, 0.25) is 5.91 Å². The van der Waals surface area contributed by atoms with Gasteiger partial charge < -0.3 is 20.1 Å². The lowest BCUT2D eigenvalue weighted by molar-refractivity contribution is -0.140. The van der Waals surface area contributed by atoms with E-state index in [2.05, 4.69) is 0 Å². The molecule has 1 saturated heterocycles. The molecule has 116 valence electrons. The predicted octanol–water partition coefficient (Wildman–Crippen LogP) is 1.03. The molecule has 0 bridgehead atoms. The number of likely N-dealkylation sites (N-methyl/N-ethyl adjacent to an activating group) is 1. The molecule has 0 aliphatic carbocycles. The van der Waals surface area contributed by atoms with Crippen molar-refractivity contribution in [1.29, 1.82) is 0 Å². The fourth-order valence-corrected chi connectivity index (χ4v) is 2.30. The Bertz CT molecular complexity index is 511. The van der Waals surface area contributed by atoms with E-state index in [4.69, 9.17) is 15.2 Å². The van der Waals surface area contributed by atoms with Crippen LogP contribution in [0.4, 0.5) is 4.39 Å². The molecule has 0 saturated carbocycles. The number of nitrogens with two attached hydrogens (primary N) is 1. The Morgan fingerprint density at radius 3 is 3.00 bits per heavy atom. The van der Waals surface area contributed by atoms with Crippen LogP contribution in [0.25, 0.3) is 0 Å². The van der Waals surface area contributed by atoms with Gasteiger partial charge in [0.05, 0.1) is 25.2 Å². The number of carbonyl (C=O) groups is 1. The second-order valence-electron chi connectivity index (χ2n) is 5.57. The second-order valence-corrected chi connectivity index (χ2v) is 5.57. The minimum atomic E-state index is -0.687. The highest BCUT2D eigenvalue weighted by molar-refractivity contribution is 5.83. The van der Waals surface area contributed by atoms with E-state index in [1.54, 1.807) is 24.1 Å². The number of amides is 1. The molecule has 1 amide bonds. The first-order chi connectivity index (χ1) is 9.93. The van der Waals surface area contributed by atoms with Crippen LogP contribution in [0.5, 0.6) is 5.75 Å². The third-order valence-corrected chi connectivity index (χ3v) is 3.84. The quantitative estimate of drug-likeness (QED) is 0.881. The van der Waals surface area contributed by atoms with E-state index < -0.39 is 5.41 Å². The monoisotopic (exact) mass is 296 g/mol. The molecule has 1 heterocycles. The van der Waals surface area contributed by atoms with Gasteiger partial charge in [0.25, 0.3) is 0 Å². The molecule has 0 aromatic heterocycles. The molecule has 1 fully saturated rings. The highest BCUT2D eigenvalue weighted by Gasteiger charge is 2.45. The van der Waals surface area contributed by atoms with E-state index in [9.17, 15) is 9.18 Å². The van der Waals surface area contributed by atoms with Crippen LogP contribution in [-0.2, 0) is 9.53 Å². The van der Waals surface area contributed by atoms with Gasteiger partial charge in [-0.05, 0) is 19.1 Å². The summed E-state index contributed by atoms with van der Waals surface area (Å²) in [7, 11) is 1.70. The Kier molecular flexibility index (Phi) is 4.80. The zero-order valence-corrected chi connectivity index (χ0v) is 12.3. The third kappa shape index (κ3) is 3.51. The molecule has 2 unspecified atom stereocenters. The Hall–Kier alpha value is -1.66. The Labute approximate surface area is 123 Å². The van der Waals surface area contributed by atoms with Gasteiger partial charge in [0, 0.05) is 19.2 Å². The molecule has 1 aliphatic heterocycles. The van der Waals surface area contributed by atoms with Gasteiger partial charge in [-0.2, -0.15) is 0 Å². The van der Waals surface area contributed by atoms with Gasteiger partial charge in [-0.25, -0.2) is 4.39 Å². The Morgan fingerprint density at radius 2 is 2.38 bits per heavy atom. The fraction of sp³-hybridized carbons (Fsp3) is 0.533. The summed E-state index contributed by atoms with van der Waals surface area (Å²) in [5.41, 5.74) is 5.26. The topological polar surface area (TPSA) is 64.8 Å². The lowest BCUT2D eigenvalue weighted by Gasteiger charge is -2.30. The van der Waals surface area contributed by atoms with Crippen molar-refractivity contribution in [2.24, 2.45) is 11.1 Å². The van der Waals surface area contributed by atoms with Crippen molar-refractivity contribution in [3.8, 4) is 5.75 Å². The second kappa shape index (κ2) is 6.41. The average Bonchev–Trinajstić information content (AvgIpc) is 2.79. The molecule has 1 aromatic carbocycles. The van der Waals surface area contributed by atoms with Crippen molar-refractivity contribution in [3.05, 3.63) is 30.1 Å². The third-order valence-electron chi connectivity index (χ3n) is 3.84. The van der Waals surface area contributed by atoms with Gasteiger partial charge in [0.1, 0.15) is 18.2 Å². The number of rotatable bonds is 5. The summed E-state index contributed by atoms with van der Waals surface area (Å²) in [5, 5.41) is 0. The van der Waals surface area contributed by atoms with Crippen LogP contribution < -0.4 is 10.5 Å². The maximum absolute atomic E-state index is 13.0. The van der Waals surface area contributed by atoms with E-state index in [0.717, 1.165) is 0 Å². The lowest BCUT2D eigenvalue weighted by atomic mass is 9.84. The van der Waals surface area contributed by atoms with Crippen LogP contribution in [0, 0.1) is 11.2 Å². The average molecular weight is 296 g/mol. The fourth-order valence-electron chi connectivity index (χ4n) is 2.30. The first-order valence-electron chi connectivity index (χ1n) is 6.91. The van der Waals surface area contributed by atoms with E-state index in [1.807, 2.05) is 6.92 Å². The molecule has 2 N–H and O–H groups in total. The summed E-state index contributed by atoms with van der Waals surface area (Å²) < 4.78 is 23.7. The molecular weight excluding hydrogens is 275 g/mol. The van der Waals surface area contributed by atoms with Crippen LogP contribution in [0.15, 0.2) is 24.3 Å². The van der Waals surface area contributed by atoms with Gasteiger partial charge in [-0.1, -0.05) is 6.07 Å². The number of carbonyl (C=O) groups excluding carboxylic acids is 1. The normalized spacial score (nSPS) is 24.9. The minimum Gasteiger partial charge on any atom is -0.492 e. The summed E-state index contributed by atoms with van der Waals surface area (Å²) in [6, 6.07) is 5.62. The van der Waals surface area contributed by atoms with Crippen molar-refractivity contribution in [1.82, 2.24) is 4.90 Å². The van der Waals surface area contributed by atoms with Crippen molar-refractivity contribution >= 4 is 5.91 Å². The molecule has 0 spiro atoms. The Balaban J connectivity index is 1.84. The van der Waals surface area contributed by atoms with Crippen LogP contribution >= 0.6 is 0 Å². The molecule has 1 aromatic rings. The van der Waals surface area contributed by atoms with Crippen molar-refractivity contribution < 1.29 is 18.7 Å². The van der Waals surface area contributed by atoms with Crippen molar-refractivity contribution in [3.63, 3.8) is 0 Å². The SMILES string of the molecule is CN(CCOc1cccc(F)c1)C(=O)C1(C)COCC1N. The summed E-state index contributed by atoms with van der Waals surface area (Å²) in [6.07, 6.45) is 0. The summed E-state index contributed by atoms with van der Waals surface area (Å²) >= 11 is 0. The van der Waals surface area contributed by atoms with Gasteiger partial charge in [-0.3, -0.25) is 4.79 Å². The minimum absolute atomic E-state index is 0.0599. The summed E-state index contributed by atoms with van der Waals surface area (Å²) in [4.78, 5) is 14.0. The van der Waals surface area contributed by atoms with Crippen molar-refractivity contribution in [2.45, 2.75) is 13.0 Å². The van der Waals surface area contributed by atoms with Crippen LogP contribution in [0.3, 0.4) is 0 Å². The zero-order valence-electron chi connectivity index (χ0n) is 12.3. The molecule has 0 radical (unpaired) electrons. The van der Waals surface area contributed by atoms with Gasteiger partial charge >= 0.3 is 0 Å². The first-order valence-corrected chi connectivity index (χ1v) is 6.91. The first kappa shape index (κ1) is 15.7. The van der Waals surface area contributed by atoms with Crippen LogP contribution in [0.1, 0.15) is 6.92 Å². The molecule has 2 atom stereocenters. The number of ether oxygens (including phenoxy) is 2. The Morgan fingerprint density at radius 1 is 1.62 bits per heavy atom. The number of nitrogens with zero attached hydrogens (tertiary/aromatic N) is 1. The summed E-state index contributed by atoms with van der Waals surface area (Å²) in [6.45, 7) is 3.24. The van der Waals surface area contributed by atoms with Gasteiger partial charge in [0.15, 0.2) is 0 Å². The molecule has 21 heavy (non-hydrogen) atoms. The predicted molar refractivity (Wildman–Crippen MR) is 76.4 cm³/mol. The number of hydrogen-bond donors (Lipinski definition) is 1. The summed E-state index contributed by atoms with van der Waals surface area (Å²) in [5.74, 6) is 0.0387. The largest absolute Gasteiger partial charge is 0.492 e. The van der Waals surface area contributed by atoms with E-state index in [1.165, 1.54) is 12.1 Å². The van der Waals surface area contributed by atoms with E-state index in [-0.39, 0.29) is 24.4 Å². The van der Waals surface area contributed by atoms with Crippen molar-refractivity contribution in [2.75, 3.05) is 33.4 Å². The van der Waals surface area contributed by atoms with Gasteiger partial charge in [-0.15, -0.1) is 0 Å². The molecule has 2 rings (SSSR count). The molecule has 1 aliphatic rings. The maximum Gasteiger partial charge on any atom is 0.232 e. The standard InChI is InChI=1S/C15H21FN2O3/c1-15(10-20-9-13(15)17)14(19)18(2)6-7-21-12-5-3-4-11(16)8-12/h3-5,8,13H,6-7,9-10,17H2,1-2H3. The molecular formula is C15H21FN2O3. The van der Waals surface area contributed by atoms with Crippen LogP contribution in [-0.4, -0.2) is 50.3 Å². The number of benzene rings is 1. The maximum atomic E-state index is 13.0. The number of halogens is 1. The van der Waals surface area contributed by atoms with E-state index in [0.29, 0.717) is 25.5 Å². The zero-order chi connectivity index (χ0) is 15.5. The molecule has 5 nitrogen and oxygen atoms in total. The highest BCUT2D eigenvalue weighted by atomic mass is 19.1. The van der Waals surface area contributed by atoms with E-state index >= 15 is 0 Å². The van der Waals surface area contributed by atoms with Crippen LogP contribution in [0.2, 0.25) is 0 Å². The highest BCUT2D eigenvalue weighted by Crippen LogP contribution is 2.29. The lowest BCUT2D eigenvalue weighted by Crippen LogP contribution is -2.51. The molecule has 6 heteroatoms. The number of hydrogen-bond acceptors (Lipinski definition) is 4.